The molecule has 7 nitrogen and oxygen atoms in total. The quantitative estimate of drug-likeness (QED) is 0.855. The van der Waals surface area contributed by atoms with Crippen molar-refractivity contribution in [2.75, 3.05) is 24.7 Å². The first-order valence-electron chi connectivity index (χ1n) is 7.58. The summed E-state index contributed by atoms with van der Waals surface area (Å²) in [5, 5.41) is 6.37. The van der Waals surface area contributed by atoms with Crippen LogP contribution in [0.1, 0.15) is 30.2 Å². The van der Waals surface area contributed by atoms with Crippen LogP contribution in [-0.2, 0) is 16.4 Å². The number of hydrogen-bond acceptors (Lipinski definition) is 7. The average Bonchev–Trinajstić information content (AvgIpc) is 3.06. The van der Waals surface area contributed by atoms with Crippen LogP contribution in [0.3, 0.4) is 0 Å². The Morgan fingerprint density at radius 1 is 1.48 bits per heavy atom. The summed E-state index contributed by atoms with van der Waals surface area (Å²) in [6.07, 6.45) is 6.12. The summed E-state index contributed by atoms with van der Waals surface area (Å²) in [5.74, 6) is 1.26. The highest BCUT2D eigenvalue weighted by Gasteiger charge is 2.25. The van der Waals surface area contributed by atoms with E-state index in [0.29, 0.717) is 18.2 Å². The Morgan fingerprint density at radius 3 is 3.00 bits per heavy atom. The van der Waals surface area contributed by atoms with Crippen molar-refractivity contribution in [2.45, 2.75) is 30.2 Å². The Morgan fingerprint density at radius 2 is 2.35 bits per heavy atom. The van der Waals surface area contributed by atoms with Gasteiger partial charge in [0.25, 0.3) is 0 Å². The number of anilines is 1. The van der Waals surface area contributed by atoms with Gasteiger partial charge < -0.3 is 15.1 Å². The topological polar surface area (TPSA) is 97.1 Å². The highest BCUT2D eigenvalue weighted by Crippen LogP contribution is 2.27. The molecule has 8 heteroatoms. The van der Waals surface area contributed by atoms with E-state index < -0.39 is 9.84 Å². The molecule has 124 valence electrons. The van der Waals surface area contributed by atoms with Crippen LogP contribution in [0, 0.1) is 0 Å². The molecule has 1 aliphatic rings. The van der Waals surface area contributed by atoms with Gasteiger partial charge in [0.05, 0.1) is 24.7 Å². The Kier molecular flexibility index (Phi) is 4.63. The zero-order valence-corrected chi connectivity index (χ0v) is 13.8. The van der Waals surface area contributed by atoms with E-state index in [-0.39, 0.29) is 10.8 Å². The van der Waals surface area contributed by atoms with Crippen LogP contribution in [0.2, 0.25) is 0 Å². The van der Waals surface area contributed by atoms with E-state index >= 15 is 0 Å². The third kappa shape index (κ3) is 3.89. The summed E-state index contributed by atoms with van der Waals surface area (Å²) in [5.41, 5.74) is 0.594. The molecular formula is C15H20N4O3S. The van der Waals surface area contributed by atoms with Crippen LogP contribution in [-0.4, -0.2) is 37.7 Å². The minimum absolute atomic E-state index is 0.0839. The fourth-order valence-corrected chi connectivity index (χ4v) is 3.55. The predicted molar refractivity (Wildman–Crippen MR) is 86.0 cm³/mol. The van der Waals surface area contributed by atoms with E-state index in [2.05, 4.69) is 20.6 Å². The maximum Gasteiger partial charge on any atom is 0.223 e. The predicted octanol–water partition coefficient (Wildman–Crippen LogP) is 1.55. The monoisotopic (exact) mass is 336 g/mol. The molecule has 0 radical (unpaired) electrons. The molecule has 2 aromatic heterocycles. The van der Waals surface area contributed by atoms with Crippen molar-refractivity contribution in [1.82, 2.24) is 15.3 Å². The lowest BCUT2D eigenvalue weighted by Crippen LogP contribution is -2.30. The smallest absolute Gasteiger partial charge is 0.223 e. The van der Waals surface area contributed by atoms with Crippen LogP contribution >= 0.6 is 0 Å². The van der Waals surface area contributed by atoms with Gasteiger partial charge in [-0.25, -0.2) is 18.4 Å². The maximum atomic E-state index is 12.0. The zero-order valence-electron chi connectivity index (χ0n) is 12.9. The number of furan rings is 1. The van der Waals surface area contributed by atoms with Gasteiger partial charge in [-0.1, -0.05) is 0 Å². The number of rotatable bonds is 5. The summed E-state index contributed by atoms with van der Waals surface area (Å²) < 4.78 is 29.3. The van der Waals surface area contributed by atoms with Crippen molar-refractivity contribution in [1.29, 1.82) is 0 Å². The zero-order chi connectivity index (χ0) is 16.3. The molecule has 1 saturated heterocycles. The first-order valence-corrected chi connectivity index (χ1v) is 9.47. The molecule has 0 aromatic carbocycles. The second kappa shape index (κ2) is 6.67. The lowest BCUT2D eigenvalue weighted by molar-refractivity contribution is 0.448. The summed E-state index contributed by atoms with van der Waals surface area (Å²) in [4.78, 5) is 8.83. The molecule has 0 unspecified atom stereocenters. The van der Waals surface area contributed by atoms with Gasteiger partial charge in [-0.2, -0.15) is 0 Å². The Hall–Kier alpha value is -1.93. The molecule has 3 rings (SSSR count). The second-order valence-electron chi connectivity index (χ2n) is 5.69. The van der Waals surface area contributed by atoms with Gasteiger partial charge in [0, 0.05) is 18.7 Å². The number of aromatic nitrogens is 2. The van der Waals surface area contributed by atoms with Crippen LogP contribution in [0.4, 0.5) is 5.95 Å². The molecule has 0 aliphatic carbocycles. The Balaban J connectivity index is 1.87. The molecule has 3 heterocycles. The van der Waals surface area contributed by atoms with E-state index in [9.17, 15) is 8.42 Å². The normalized spacial score (nSPS) is 18.7. The molecule has 0 spiro atoms. The van der Waals surface area contributed by atoms with Gasteiger partial charge in [0.15, 0.2) is 9.84 Å². The van der Waals surface area contributed by atoms with Crippen LogP contribution < -0.4 is 10.6 Å². The molecule has 23 heavy (non-hydrogen) atoms. The highest BCUT2D eigenvalue weighted by atomic mass is 32.2. The van der Waals surface area contributed by atoms with Gasteiger partial charge in [-0.05, 0) is 31.5 Å². The summed E-state index contributed by atoms with van der Waals surface area (Å²) in [6.45, 7) is 2.14. The van der Waals surface area contributed by atoms with Gasteiger partial charge in [0.1, 0.15) is 10.7 Å². The fraction of sp³-hybridized carbons (Fsp3) is 0.467. The third-order valence-corrected chi connectivity index (χ3v) is 4.98. The average molecular weight is 336 g/mol. The van der Waals surface area contributed by atoms with E-state index in [1.54, 1.807) is 6.26 Å². The van der Waals surface area contributed by atoms with Crippen molar-refractivity contribution >= 4 is 15.8 Å². The summed E-state index contributed by atoms with van der Waals surface area (Å²) in [7, 11) is -3.36. The fourth-order valence-electron chi connectivity index (χ4n) is 2.71. The van der Waals surface area contributed by atoms with E-state index in [0.717, 1.165) is 31.7 Å². The first-order chi connectivity index (χ1) is 11.0. The number of nitrogens with one attached hydrogen (secondary N) is 2. The van der Waals surface area contributed by atoms with Gasteiger partial charge in [0.2, 0.25) is 5.95 Å². The van der Waals surface area contributed by atoms with Crippen LogP contribution in [0.5, 0.6) is 0 Å². The first kappa shape index (κ1) is 15.9. The van der Waals surface area contributed by atoms with Crippen LogP contribution in [0.25, 0.3) is 0 Å². The Labute approximate surface area is 135 Å². The lowest BCUT2D eigenvalue weighted by atomic mass is 9.96. The van der Waals surface area contributed by atoms with Crippen molar-refractivity contribution in [3.8, 4) is 0 Å². The second-order valence-corrected chi connectivity index (χ2v) is 7.68. The van der Waals surface area contributed by atoms with E-state index in [1.165, 1.54) is 12.5 Å². The minimum atomic E-state index is -3.36. The van der Waals surface area contributed by atoms with E-state index in [1.807, 2.05) is 12.1 Å². The van der Waals surface area contributed by atoms with Crippen molar-refractivity contribution in [3.05, 3.63) is 36.0 Å². The van der Waals surface area contributed by atoms with Crippen molar-refractivity contribution in [2.24, 2.45) is 0 Å². The number of piperidine rings is 1. The summed E-state index contributed by atoms with van der Waals surface area (Å²) >= 11 is 0. The molecule has 0 amide bonds. The number of hydrogen-bond donors (Lipinski definition) is 2. The molecule has 1 aliphatic heterocycles. The molecule has 2 aromatic rings. The van der Waals surface area contributed by atoms with Gasteiger partial charge >= 0.3 is 0 Å². The lowest BCUT2D eigenvalue weighted by Gasteiger charge is -2.24. The standard InChI is InChI=1S/C15H20N4O3S/c1-23(20,21)13-10-18-15(17-9-12-5-3-7-22-12)19-14(13)11-4-2-6-16-8-11/h3,5,7,10-11,16H,2,4,6,8-9H2,1H3,(H,17,18,19)/t11-/m1/s1. The largest absolute Gasteiger partial charge is 0.467 e. The van der Waals surface area contributed by atoms with Gasteiger partial charge in [-0.3, -0.25) is 0 Å². The van der Waals surface area contributed by atoms with Crippen molar-refractivity contribution in [3.63, 3.8) is 0 Å². The third-order valence-electron chi connectivity index (χ3n) is 3.87. The minimum Gasteiger partial charge on any atom is -0.467 e. The molecule has 1 atom stereocenters. The number of nitrogens with zero attached hydrogens (tertiary/aromatic N) is 2. The molecular weight excluding hydrogens is 316 g/mol. The molecule has 1 fully saturated rings. The highest BCUT2D eigenvalue weighted by molar-refractivity contribution is 7.90. The van der Waals surface area contributed by atoms with Crippen molar-refractivity contribution < 1.29 is 12.8 Å². The number of sulfone groups is 1. The van der Waals surface area contributed by atoms with Gasteiger partial charge in [-0.15, -0.1) is 0 Å². The van der Waals surface area contributed by atoms with Crippen LogP contribution in [0.15, 0.2) is 33.9 Å². The SMILES string of the molecule is CS(=O)(=O)c1cnc(NCc2ccco2)nc1[C@@H]1CCCNC1. The Bertz CT molecular complexity index is 753. The molecule has 0 saturated carbocycles. The molecule has 2 N–H and O–H groups in total. The maximum absolute atomic E-state index is 12.0. The van der Waals surface area contributed by atoms with E-state index in [4.69, 9.17) is 4.42 Å². The summed E-state index contributed by atoms with van der Waals surface area (Å²) in [6, 6.07) is 3.66. The molecule has 0 bridgehead atoms.